The molecule has 0 bridgehead atoms. The maximum atomic E-state index is 11.1. The van der Waals surface area contributed by atoms with Crippen molar-refractivity contribution in [1.82, 2.24) is 14.8 Å². The highest BCUT2D eigenvalue weighted by Gasteiger charge is 2.16. The zero-order valence-corrected chi connectivity index (χ0v) is 13.0. The second-order valence-electron chi connectivity index (χ2n) is 4.46. The molecule has 0 fully saturated rings. The number of hydrogen-bond donors (Lipinski definition) is 1. The Hall–Kier alpha value is -0.890. The SMILES string of the molecule is CC(C)c1nnc(SCC(=O)O)n1CCCS(C)=O. The Morgan fingerprint density at radius 3 is 2.68 bits per heavy atom. The van der Waals surface area contributed by atoms with Crippen LogP contribution in [0.2, 0.25) is 0 Å². The van der Waals surface area contributed by atoms with Gasteiger partial charge in [-0.15, -0.1) is 10.2 Å². The van der Waals surface area contributed by atoms with Crippen molar-refractivity contribution in [2.24, 2.45) is 0 Å². The number of carbonyl (C=O) groups is 1. The summed E-state index contributed by atoms with van der Waals surface area (Å²) in [7, 11) is -0.817. The third kappa shape index (κ3) is 5.32. The van der Waals surface area contributed by atoms with E-state index in [1.165, 1.54) is 11.8 Å². The first-order chi connectivity index (χ1) is 8.91. The summed E-state index contributed by atoms with van der Waals surface area (Å²) in [6, 6.07) is 0. The van der Waals surface area contributed by atoms with Crippen LogP contribution in [-0.4, -0.2) is 47.8 Å². The number of thioether (sulfide) groups is 1. The standard InChI is InChI=1S/C11H19N3O3S2/c1-8(2)10-12-13-11(18-7-9(15)16)14(10)5-4-6-19(3)17/h8H,4-7H2,1-3H3,(H,15,16). The van der Waals surface area contributed by atoms with E-state index in [1.54, 1.807) is 6.26 Å². The van der Waals surface area contributed by atoms with Gasteiger partial charge >= 0.3 is 5.97 Å². The molecule has 1 aromatic heterocycles. The minimum Gasteiger partial charge on any atom is -0.481 e. The van der Waals surface area contributed by atoms with Crippen molar-refractivity contribution in [3.63, 3.8) is 0 Å². The molecule has 0 aromatic carbocycles. The van der Waals surface area contributed by atoms with Crippen LogP contribution in [0.1, 0.15) is 32.0 Å². The van der Waals surface area contributed by atoms with E-state index in [0.717, 1.165) is 12.2 Å². The lowest BCUT2D eigenvalue weighted by Crippen LogP contribution is -2.10. The summed E-state index contributed by atoms with van der Waals surface area (Å²) >= 11 is 1.17. The molecule has 0 radical (unpaired) electrons. The minimum absolute atomic E-state index is 0.0318. The molecular weight excluding hydrogens is 286 g/mol. The molecule has 0 saturated carbocycles. The molecule has 0 aliphatic carbocycles. The lowest BCUT2D eigenvalue weighted by atomic mass is 10.2. The van der Waals surface area contributed by atoms with Gasteiger partial charge in [-0.1, -0.05) is 25.6 Å². The Labute approximate surface area is 119 Å². The van der Waals surface area contributed by atoms with Crippen LogP contribution < -0.4 is 0 Å². The van der Waals surface area contributed by atoms with E-state index < -0.39 is 16.8 Å². The summed E-state index contributed by atoms with van der Waals surface area (Å²) in [4.78, 5) is 10.6. The zero-order valence-electron chi connectivity index (χ0n) is 11.3. The minimum atomic E-state index is -0.875. The van der Waals surface area contributed by atoms with Gasteiger partial charge in [0.1, 0.15) is 5.82 Å². The number of aliphatic carboxylic acids is 1. The number of aromatic nitrogens is 3. The predicted octanol–water partition coefficient (Wildman–Crippen LogP) is 1.35. The molecule has 0 aliphatic rings. The molecule has 6 nitrogen and oxygen atoms in total. The summed E-state index contributed by atoms with van der Waals surface area (Å²) in [6.07, 6.45) is 2.44. The van der Waals surface area contributed by atoms with Crippen molar-refractivity contribution in [2.45, 2.75) is 37.9 Å². The summed E-state index contributed by atoms with van der Waals surface area (Å²) in [5.41, 5.74) is 0. The van der Waals surface area contributed by atoms with E-state index in [4.69, 9.17) is 5.11 Å². The molecule has 1 heterocycles. The van der Waals surface area contributed by atoms with Crippen molar-refractivity contribution in [3.05, 3.63) is 5.82 Å². The normalized spacial score (nSPS) is 12.8. The molecule has 0 saturated heterocycles. The van der Waals surface area contributed by atoms with Crippen LogP contribution in [0.25, 0.3) is 0 Å². The second-order valence-corrected chi connectivity index (χ2v) is 6.96. The van der Waals surface area contributed by atoms with Crippen molar-refractivity contribution < 1.29 is 14.1 Å². The predicted molar refractivity (Wildman–Crippen MR) is 76.0 cm³/mol. The van der Waals surface area contributed by atoms with E-state index in [1.807, 2.05) is 18.4 Å². The largest absolute Gasteiger partial charge is 0.481 e. The first kappa shape index (κ1) is 16.2. The second kappa shape index (κ2) is 7.64. The van der Waals surface area contributed by atoms with Crippen LogP contribution in [0, 0.1) is 0 Å². The monoisotopic (exact) mass is 305 g/mol. The van der Waals surface area contributed by atoms with Gasteiger partial charge in [0.2, 0.25) is 0 Å². The summed E-state index contributed by atoms with van der Waals surface area (Å²) in [5.74, 6) is 0.781. The van der Waals surface area contributed by atoms with Crippen LogP contribution in [0.5, 0.6) is 0 Å². The van der Waals surface area contributed by atoms with Gasteiger partial charge < -0.3 is 9.67 Å². The van der Waals surface area contributed by atoms with E-state index >= 15 is 0 Å². The summed E-state index contributed by atoms with van der Waals surface area (Å²) < 4.78 is 13.0. The maximum absolute atomic E-state index is 11.1. The van der Waals surface area contributed by atoms with E-state index in [2.05, 4.69) is 10.2 Å². The quantitative estimate of drug-likeness (QED) is 0.730. The highest BCUT2D eigenvalue weighted by molar-refractivity contribution is 7.99. The molecule has 0 aliphatic heterocycles. The molecule has 108 valence electrons. The van der Waals surface area contributed by atoms with Crippen LogP contribution in [0.15, 0.2) is 5.16 Å². The summed E-state index contributed by atoms with van der Waals surface area (Å²) in [6.45, 7) is 4.70. The van der Waals surface area contributed by atoms with Gasteiger partial charge in [-0.05, 0) is 6.42 Å². The van der Waals surface area contributed by atoms with Crippen LogP contribution in [-0.2, 0) is 22.1 Å². The molecule has 0 spiro atoms. The smallest absolute Gasteiger partial charge is 0.313 e. The first-order valence-electron chi connectivity index (χ1n) is 5.99. The van der Waals surface area contributed by atoms with Gasteiger partial charge in [0.05, 0.1) is 5.75 Å². The topological polar surface area (TPSA) is 85.1 Å². The maximum Gasteiger partial charge on any atom is 0.313 e. The highest BCUT2D eigenvalue weighted by atomic mass is 32.2. The Morgan fingerprint density at radius 1 is 1.47 bits per heavy atom. The number of hydrogen-bond acceptors (Lipinski definition) is 5. The Bertz CT molecular complexity index is 460. The Morgan fingerprint density at radius 2 is 2.16 bits per heavy atom. The van der Waals surface area contributed by atoms with Gasteiger partial charge in [0, 0.05) is 35.3 Å². The summed E-state index contributed by atoms with van der Waals surface area (Å²) in [5, 5.41) is 17.5. The molecule has 8 heteroatoms. The average Bonchev–Trinajstić information content (AvgIpc) is 2.69. The molecule has 1 rings (SSSR count). The van der Waals surface area contributed by atoms with Crippen LogP contribution in [0.3, 0.4) is 0 Å². The number of carboxylic acids is 1. The molecule has 19 heavy (non-hydrogen) atoms. The van der Waals surface area contributed by atoms with E-state index in [-0.39, 0.29) is 11.7 Å². The van der Waals surface area contributed by atoms with Gasteiger partial charge in [-0.2, -0.15) is 0 Å². The van der Waals surface area contributed by atoms with Gasteiger partial charge in [0.15, 0.2) is 5.16 Å². The third-order valence-electron chi connectivity index (χ3n) is 2.40. The van der Waals surface area contributed by atoms with Gasteiger partial charge in [-0.3, -0.25) is 9.00 Å². The van der Waals surface area contributed by atoms with Crippen LogP contribution >= 0.6 is 11.8 Å². The fraction of sp³-hybridized carbons (Fsp3) is 0.727. The molecule has 1 N–H and O–H groups in total. The fourth-order valence-electron chi connectivity index (χ4n) is 1.60. The molecule has 1 unspecified atom stereocenters. The lowest BCUT2D eigenvalue weighted by Gasteiger charge is -2.11. The van der Waals surface area contributed by atoms with Crippen molar-refractivity contribution in [2.75, 3.05) is 17.8 Å². The highest BCUT2D eigenvalue weighted by Crippen LogP contribution is 2.21. The van der Waals surface area contributed by atoms with Crippen molar-refractivity contribution >= 4 is 28.5 Å². The van der Waals surface area contributed by atoms with Gasteiger partial charge in [0.25, 0.3) is 0 Å². The van der Waals surface area contributed by atoms with Gasteiger partial charge in [-0.25, -0.2) is 0 Å². The van der Waals surface area contributed by atoms with E-state index in [0.29, 0.717) is 17.5 Å². The molecule has 1 aromatic rings. The first-order valence-corrected chi connectivity index (χ1v) is 8.70. The lowest BCUT2D eigenvalue weighted by molar-refractivity contribution is -0.133. The van der Waals surface area contributed by atoms with Crippen molar-refractivity contribution in [3.8, 4) is 0 Å². The molecule has 0 amide bonds. The van der Waals surface area contributed by atoms with E-state index in [9.17, 15) is 9.00 Å². The molecule has 1 atom stereocenters. The number of nitrogens with zero attached hydrogens (tertiary/aromatic N) is 3. The molecular formula is C11H19N3O3S2. The third-order valence-corrected chi connectivity index (χ3v) is 4.22. The number of rotatable bonds is 8. The van der Waals surface area contributed by atoms with Crippen molar-refractivity contribution in [1.29, 1.82) is 0 Å². The number of carboxylic acid groups (broad SMARTS) is 1. The fourth-order valence-corrected chi connectivity index (χ4v) is 2.82. The Kier molecular flexibility index (Phi) is 6.50. The van der Waals surface area contributed by atoms with Crippen LogP contribution in [0.4, 0.5) is 0 Å². The Balaban J connectivity index is 2.79. The average molecular weight is 305 g/mol. The zero-order chi connectivity index (χ0) is 14.4.